The smallest absolute Gasteiger partial charge is 0.253 e. The second kappa shape index (κ2) is 10.2. The zero-order chi connectivity index (χ0) is 24.2. The van der Waals surface area contributed by atoms with Gasteiger partial charge in [0, 0.05) is 60.3 Å². The molecule has 35 heavy (non-hydrogen) atoms. The molecule has 0 unspecified atom stereocenters. The number of nitrogens with zero attached hydrogens (tertiary/aromatic N) is 4. The largest absolute Gasteiger partial charge is 0.497 e. The SMILES string of the molecule is COc1ccc(C(=O)N2CCN(C(=O)c3ccc(SCc4cn5ccccc5n4)cc3)CC2)cc1. The topological polar surface area (TPSA) is 67.2 Å². The number of hydrogen-bond acceptors (Lipinski definition) is 5. The predicted molar refractivity (Wildman–Crippen MR) is 136 cm³/mol. The first-order chi connectivity index (χ1) is 17.1. The molecule has 4 aromatic rings. The molecule has 178 valence electrons. The van der Waals surface area contributed by atoms with E-state index in [1.807, 2.05) is 64.2 Å². The first-order valence-corrected chi connectivity index (χ1v) is 12.5. The highest BCUT2D eigenvalue weighted by atomic mass is 32.2. The van der Waals surface area contributed by atoms with Gasteiger partial charge in [0.2, 0.25) is 0 Å². The maximum absolute atomic E-state index is 13.0. The highest BCUT2D eigenvalue weighted by molar-refractivity contribution is 7.98. The zero-order valence-electron chi connectivity index (χ0n) is 19.5. The number of thioether (sulfide) groups is 1. The van der Waals surface area contributed by atoms with E-state index in [2.05, 4.69) is 4.98 Å². The molecule has 1 saturated heterocycles. The van der Waals surface area contributed by atoms with Gasteiger partial charge in [-0.15, -0.1) is 11.8 Å². The summed E-state index contributed by atoms with van der Waals surface area (Å²) in [6.45, 7) is 2.07. The maximum atomic E-state index is 13.0. The minimum Gasteiger partial charge on any atom is -0.497 e. The predicted octanol–water partition coefficient (Wildman–Crippen LogP) is 4.23. The number of carbonyl (C=O) groups excluding carboxylic acids is 2. The number of amides is 2. The Balaban J connectivity index is 1.14. The van der Waals surface area contributed by atoms with Crippen LogP contribution in [0.1, 0.15) is 26.4 Å². The van der Waals surface area contributed by atoms with Gasteiger partial charge in [-0.25, -0.2) is 4.98 Å². The van der Waals surface area contributed by atoms with Gasteiger partial charge < -0.3 is 18.9 Å². The number of carbonyl (C=O) groups is 2. The third-order valence-electron chi connectivity index (χ3n) is 6.09. The minimum atomic E-state index is -0.0215. The first-order valence-electron chi connectivity index (χ1n) is 11.5. The van der Waals surface area contributed by atoms with Crippen LogP contribution >= 0.6 is 11.8 Å². The van der Waals surface area contributed by atoms with E-state index in [9.17, 15) is 9.59 Å². The van der Waals surface area contributed by atoms with Gasteiger partial charge >= 0.3 is 0 Å². The fourth-order valence-electron chi connectivity index (χ4n) is 4.12. The lowest BCUT2D eigenvalue weighted by Gasteiger charge is -2.35. The summed E-state index contributed by atoms with van der Waals surface area (Å²) < 4.78 is 7.17. The van der Waals surface area contributed by atoms with Crippen LogP contribution in [0.5, 0.6) is 5.75 Å². The van der Waals surface area contributed by atoms with Crippen molar-refractivity contribution in [3.05, 3.63) is 95.9 Å². The van der Waals surface area contributed by atoms with Crippen LogP contribution in [0.2, 0.25) is 0 Å². The lowest BCUT2D eigenvalue weighted by Crippen LogP contribution is -2.50. The number of piperazine rings is 1. The molecule has 7 nitrogen and oxygen atoms in total. The average molecular weight is 487 g/mol. The molecule has 0 spiro atoms. The molecule has 1 fully saturated rings. The standard InChI is InChI=1S/C27H26N4O3S/c1-34-23-9-5-20(6-10-23)26(32)29-14-16-30(17-15-29)27(33)21-7-11-24(12-8-21)35-19-22-18-31-13-3-2-4-25(31)28-22/h2-13,18H,14-17,19H2,1H3. The van der Waals surface area contributed by atoms with E-state index in [1.165, 1.54) is 0 Å². The Kier molecular flexibility index (Phi) is 6.72. The van der Waals surface area contributed by atoms with Gasteiger partial charge in [-0.3, -0.25) is 9.59 Å². The molecule has 8 heteroatoms. The maximum Gasteiger partial charge on any atom is 0.253 e. The van der Waals surface area contributed by atoms with Crippen LogP contribution in [0.15, 0.2) is 84.0 Å². The molecule has 0 aliphatic carbocycles. The van der Waals surface area contributed by atoms with Gasteiger partial charge in [0.1, 0.15) is 11.4 Å². The van der Waals surface area contributed by atoms with Crippen LogP contribution in [0.3, 0.4) is 0 Å². The summed E-state index contributed by atoms with van der Waals surface area (Å²) in [5, 5.41) is 0. The van der Waals surface area contributed by atoms with Crippen molar-refractivity contribution in [3.8, 4) is 5.75 Å². The minimum absolute atomic E-state index is 0.00144. The lowest BCUT2D eigenvalue weighted by molar-refractivity contribution is 0.0535. The van der Waals surface area contributed by atoms with Crippen molar-refractivity contribution >= 4 is 29.2 Å². The molecule has 0 radical (unpaired) electrons. The number of ether oxygens (including phenoxy) is 1. The molecular formula is C27H26N4O3S. The summed E-state index contributed by atoms with van der Waals surface area (Å²) >= 11 is 1.70. The Labute approximate surface area is 208 Å². The van der Waals surface area contributed by atoms with E-state index >= 15 is 0 Å². The Bertz CT molecular complexity index is 1290. The second-order valence-electron chi connectivity index (χ2n) is 8.32. The monoisotopic (exact) mass is 486 g/mol. The number of benzene rings is 2. The number of aromatic nitrogens is 2. The van der Waals surface area contributed by atoms with E-state index < -0.39 is 0 Å². The summed E-state index contributed by atoms with van der Waals surface area (Å²) in [4.78, 5) is 35.1. The van der Waals surface area contributed by atoms with Crippen molar-refractivity contribution in [1.29, 1.82) is 0 Å². The number of pyridine rings is 1. The molecule has 1 aliphatic rings. The lowest BCUT2D eigenvalue weighted by atomic mass is 10.1. The quantitative estimate of drug-likeness (QED) is 0.382. The van der Waals surface area contributed by atoms with E-state index in [4.69, 9.17) is 4.74 Å². The molecule has 5 rings (SSSR count). The van der Waals surface area contributed by atoms with Crippen LogP contribution in [-0.2, 0) is 5.75 Å². The molecule has 2 aromatic heterocycles. The van der Waals surface area contributed by atoms with Gasteiger partial charge in [-0.2, -0.15) is 0 Å². The van der Waals surface area contributed by atoms with E-state index in [0.717, 1.165) is 27.7 Å². The molecule has 0 N–H and O–H groups in total. The Hall–Kier alpha value is -3.78. The van der Waals surface area contributed by atoms with Crippen molar-refractivity contribution in [2.24, 2.45) is 0 Å². The van der Waals surface area contributed by atoms with Gasteiger partial charge in [0.05, 0.1) is 12.8 Å². The molecule has 2 amide bonds. The van der Waals surface area contributed by atoms with E-state index in [-0.39, 0.29) is 11.8 Å². The summed E-state index contributed by atoms with van der Waals surface area (Å²) in [6.07, 6.45) is 4.03. The number of hydrogen-bond donors (Lipinski definition) is 0. The fourth-order valence-corrected chi connectivity index (χ4v) is 4.90. The van der Waals surface area contributed by atoms with Crippen molar-refractivity contribution in [2.45, 2.75) is 10.6 Å². The normalized spacial score (nSPS) is 13.7. The molecule has 0 bridgehead atoms. The Morgan fingerprint density at radius 2 is 1.46 bits per heavy atom. The van der Waals surface area contributed by atoms with Crippen LogP contribution in [0.25, 0.3) is 5.65 Å². The van der Waals surface area contributed by atoms with Crippen LogP contribution < -0.4 is 4.74 Å². The summed E-state index contributed by atoms with van der Waals surface area (Å²) in [6, 6.07) is 20.8. The number of imidazole rings is 1. The number of methoxy groups -OCH3 is 1. The van der Waals surface area contributed by atoms with Gasteiger partial charge in [-0.1, -0.05) is 6.07 Å². The molecule has 2 aromatic carbocycles. The van der Waals surface area contributed by atoms with Gasteiger partial charge in [-0.05, 0) is 60.7 Å². The van der Waals surface area contributed by atoms with Crippen LogP contribution in [0.4, 0.5) is 0 Å². The van der Waals surface area contributed by atoms with E-state index in [0.29, 0.717) is 37.3 Å². The fraction of sp³-hybridized carbons (Fsp3) is 0.222. The molecule has 1 aliphatic heterocycles. The first kappa shape index (κ1) is 23.0. The van der Waals surface area contributed by atoms with E-state index in [1.54, 1.807) is 48.0 Å². The van der Waals surface area contributed by atoms with Crippen molar-refractivity contribution in [2.75, 3.05) is 33.3 Å². The third-order valence-corrected chi connectivity index (χ3v) is 7.14. The third kappa shape index (κ3) is 5.17. The zero-order valence-corrected chi connectivity index (χ0v) is 20.3. The van der Waals surface area contributed by atoms with Crippen molar-refractivity contribution < 1.29 is 14.3 Å². The number of fused-ring (bicyclic) bond motifs is 1. The second-order valence-corrected chi connectivity index (χ2v) is 9.37. The molecular weight excluding hydrogens is 460 g/mol. The Morgan fingerprint density at radius 1 is 0.857 bits per heavy atom. The number of rotatable bonds is 6. The summed E-state index contributed by atoms with van der Waals surface area (Å²) in [5.74, 6) is 1.46. The van der Waals surface area contributed by atoms with Crippen molar-refractivity contribution in [1.82, 2.24) is 19.2 Å². The van der Waals surface area contributed by atoms with Gasteiger partial charge in [0.15, 0.2) is 0 Å². The average Bonchev–Trinajstić information content (AvgIpc) is 3.35. The molecule has 0 saturated carbocycles. The molecule has 0 atom stereocenters. The highest BCUT2D eigenvalue weighted by Crippen LogP contribution is 2.24. The van der Waals surface area contributed by atoms with Gasteiger partial charge in [0.25, 0.3) is 11.8 Å². The highest BCUT2D eigenvalue weighted by Gasteiger charge is 2.25. The molecule has 3 heterocycles. The van der Waals surface area contributed by atoms with Crippen LogP contribution in [-0.4, -0.2) is 64.3 Å². The Morgan fingerprint density at radius 3 is 2.03 bits per heavy atom. The summed E-state index contributed by atoms with van der Waals surface area (Å²) in [5.41, 5.74) is 3.25. The van der Waals surface area contributed by atoms with Crippen molar-refractivity contribution in [3.63, 3.8) is 0 Å². The summed E-state index contributed by atoms with van der Waals surface area (Å²) in [7, 11) is 1.60. The van der Waals surface area contributed by atoms with Crippen LogP contribution in [0, 0.1) is 0 Å².